The van der Waals surface area contributed by atoms with E-state index >= 15 is 0 Å². The van der Waals surface area contributed by atoms with Gasteiger partial charge in [0.2, 0.25) is 0 Å². The lowest BCUT2D eigenvalue weighted by Gasteiger charge is -2.07. The quantitative estimate of drug-likeness (QED) is 0.639. The summed E-state index contributed by atoms with van der Waals surface area (Å²) in [6.07, 6.45) is -1.74. The van der Waals surface area contributed by atoms with Gasteiger partial charge in [0.25, 0.3) is 0 Å². The van der Waals surface area contributed by atoms with Crippen LogP contribution >= 0.6 is 12.4 Å². The highest BCUT2D eigenvalue weighted by molar-refractivity contribution is 5.86. The Hall–Kier alpha value is -1.94. The first-order valence-corrected chi connectivity index (χ1v) is 6.67. The van der Waals surface area contributed by atoms with Gasteiger partial charge in [-0.05, 0) is 48.2 Å². The number of nitrogens with one attached hydrogen (secondary N) is 1. The summed E-state index contributed by atoms with van der Waals surface area (Å²) in [5.41, 5.74) is 3.57. The molecule has 1 N–H and O–H groups in total. The summed E-state index contributed by atoms with van der Waals surface area (Å²) in [6.45, 7) is 2.03. The zero-order chi connectivity index (χ0) is 15.0. The van der Waals surface area contributed by atoms with E-state index in [4.69, 9.17) is 0 Å². The number of hydrogen-bond acceptors (Lipinski definition) is 0. The van der Waals surface area contributed by atoms with Crippen molar-refractivity contribution in [2.24, 2.45) is 0 Å². The van der Waals surface area contributed by atoms with Gasteiger partial charge in [0.1, 0.15) is 0 Å². The van der Waals surface area contributed by atoms with Crippen molar-refractivity contribution in [3.8, 4) is 0 Å². The minimum Gasteiger partial charge on any atom is -0.361 e. The van der Waals surface area contributed by atoms with Gasteiger partial charge in [-0.2, -0.15) is 13.2 Å². The Morgan fingerprint density at radius 2 is 1.68 bits per heavy atom. The summed E-state index contributed by atoms with van der Waals surface area (Å²) in [4.78, 5) is 3.20. The number of halogens is 4. The summed E-state index contributed by atoms with van der Waals surface area (Å²) in [6, 6.07) is 11.4. The molecule has 0 unspecified atom stereocenters. The SMILES string of the molecule is Cc1cccc2[nH]cc(Cc3ccc(C(F)(F)F)cc3)c12.Cl. The van der Waals surface area contributed by atoms with Crippen molar-refractivity contribution in [1.82, 2.24) is 4.98 Å². The van der Waals surface area contributed by atoms with Crippen LogP contribution in [0.2, 0.25) is 0 Å². The molecule has 0 radical (unpaired) electrons. The molecule has 0 atom stereocenters. The first-order valence-electron chi connectivity index (χ1n) is 6.67. The molecule has 0 amide bonds. The summed E-state index contributed by atoms with van der Waals surface area (Å²) in [5.74, 6) is 0. The van der Waals surface area contributed by atoms with Gasteiger partial charge in [0.05, 0.1) is 5.56 Å². The van der Waals surface area contributed by atoms with E-state index in [0.717, 1.165) is 39.7 Å². The molecule has 116 valence electrons. The highest BCUT2D eigenvalue weighted by atomic mass is 35.5. The van der Waals surface area contributed by atoms with Crippen LogP contribution in [-0.4, -0.2) is 4.98 Å². The Balaban J connectivity index is 0.00000176. The maximum absolute atomic E-state index is 12.6. The first-order chi connectivity index (χ1) is 9.95. The van der Waals surface area contributed by atoms with E-state index in [1.165, 1.54) is 0 Å². The maximum atomic E-state index is 12.6. The van der Waals surface area contributed by atoms with Gasteiger partial charge in [-0.3, -0.25) is 0 Å². The Bertz CT molecular complexity index is 773. The molecule has 0 bridgehead atoms. The third-order valence-electron chi connectivity index (χ3n) is 3.67. The molecule has 1 aromatic heterocycles. The van der Waals surface area contributed by atoms with Gasteiger partial charge in [0, 0.05) is 17.1 Å². The van der Waals surface area contributed by atoms with Crippen molar-refractivity contribution in [2.45, 2.75) is 19.5 Å². The first kappa shape index (κ1) is 16.4. The molecule has 2 aromatic carbocycles. The number of aromatic nitrogens is 1. The minimum atomic E-state index is -4.28. The van der Waals surface area contributed by atoms with Crippen molar-refractivity contribution in [1.29, 1.82) is 0 Å². The Morgan fingerprint density at radius 3 is 2.32 bits per heavy atom. The average molecular weight is 326 g/mol. The van der Waals surface area contributed by atoms with Crippen molar-refractivity contribution in [3.63, 3.8) is 0 Å². The molecule has 22 heavy (non-hydrogen) atoms. The van der Waals surface area contributed by atoms with Gasteiger partial charge in [-0.15, -0.1) is 12.4 Å². The van der Waals surface area contributed by atoms with Crippen LogP contribution in [0.15, 0.2) is 48.7 Å². The van der Waals surface area contributed by atoms with E-state index in [1.807, 2.05) is 31.3 Å². The number of alkyl halides is 3. The molecule has 0 fully saturated rings. The minimum absolute atomic E-state index is 0. The number of benzene rings is 2. The summed E-state index contributed by atoms with van der Waals surface area (Å²) in [5, 5.41) is 1.15. The number of fused-ring (bicyclic) bond motifs is 1. The van der Waals surface area contributed by atoms with Crippen LogP contribution in [0, 0.1) is 6.92 Å². The zero-order valence-electron chi connectivity index (χ0n) is 11.9. The largest absolute Gasteiger partial charge is 0.416 e. The smallest absolute Gasteiger partial charge is 0.361 e. The van der Waals surface area contributed by atoms with E-state index in [-0.39, 0.29) is 12.4 Å². The molecular formula is C17H15ClF3N. The van der Waals surface area contributed by atoms with E-state index < -0.39 is 11.7 Å². The molecule has 0 aliphatic carbocycles. The fourth-order valence-electron chi connectivity index (χ4n) is 2.62. The molecular weight excluding hydrogens is 311 g/mol. The van der Waals surface area contributed by atoms with Crippen molar-refractivity contribution >= 4 is 23.3 Å². The Labute approximate surface area is 132 Å². The van der Waals surface area contributed by atoms with E-state index in [0.29, 0.717) is 6.42 Å². The van der Waals surface area contributed by atoms with Gasteiger partial charge >= 0.3 is 6.18 Å². The molecule has 3 aromatic rings. The van der Waals surface area contributed by atoms with Gasteiger partial charge in [0.15, 0.2) is 0 Å². The van der Waals surface area contributed by atoms with Crippen LogP contribution in [0.5, 0.6) is 0 Å². The second-order valence-electron chi connectivity index (χ2n) is 5.18. The molecule has 0 aliphatic heterocycles. The second kappa shape index (κ2) is 6.05. The third-order valence-corrected chi connectivity index (χ3v) is 3.67. The molecule has 1 nitrogen and oxygen atoms in total. The normalized spacial score (nSPS) is 11.5. The Kier molecular flexibility index (Phi) is 4.52. The average Bonchev–Trinajstić information content (AvgIpc) is 2.83. The zero-order valence-corrected chi connectivity index (χ0v) is 12.7. The third kappa shape index (κ3) is 3.12. The summed E-state index contributed by atoms with van der Waals surface area (Å²) >= 11 is 0. The lowest BCUT2D eigenvalue weighted by atomic mass is 10.0. The lowest BCUT2D eigenvalue weighted by molar-refractivity contribution is -0.137. The van der Waals surface area contributed by atoms with E-state index in [1.54, 1.807) is 12.1 Å². The lowest BCUT2D eigenvalue weighted by Crippen LogP contribution is -2.04. The Morgan fingerprint density at radius 1 is 1.00 bits per heavy atom. The molecule has 0 saturated carbocycles. The molecule has 0 aliphatic rings. The number of rotatable bonds is 2. The molecule has 1 heterocycles. The molecule has 0 saturated heterocycles. The van der Waals surface area contributed by atoms with Crippen LogP contribution in [0.25, 0.3) is 10.9 Å². The summed E-state index contributed by atoms with van der Waals surface area (Å²) < 4.78 is 37.7. The number of H-pyrrole nitrogens is 1. The van der Waals surface area contributed by atoms with Crippen molar-refractivity contribution < 1.29 is 13.2 Å². The molecule has 3 rings (SSSR count). The van der Waals surface area contributed by atoms with Crippen LogP contribution in [0.1, 0.15) is 22.3 Å². The van der Waals surface area contributed by atoms with Crippen molar-refractivity contribution in [2.75, 3.05) is 0 Å². The highest BCUT2D eigenvalue weighted by Gasteiger charge is 2.29. The predicted octanol–water partition coefficient (Wildman–Crippen LogP) is 5.51. The second-order valence-corrected chi connectivity index (χ2v) is 5.18. The molecule has 5 heteroatoms. The van der Waals surface area contributed by atoms with Crippen LogP contribution < -0.4 is 0 Å². The monoisotopic (exact) mass is 325 g/mol. The fraction of sp³-hybridized carbons (Fsp3) is 0.176. The number of aryl methyl sites for hydroxylation is 1. The highest BCUT2D eigenvalue weighted by Crippen LogP contribution is 2.30. The predicted molar refractivity (Wildman–Crippen MR) is 84.5 cm³/mol. The van der Waals surface area contributed by atoms with Crippen LogP contribution in [0.4, 0.5) is 13.2 Å². The molecule has 0 spiro atoms. The van der Waals surface area contributed by atoms with Crippen LogP contribution in [-0.2, 0) is 12.6 Å². The van der Waals surface area contributed by atoms with Crippen molar-refractivity contribution in [3.05, 3.63) is 70.9 Å². The topological polar surface area (TPSA) is 15.8 Å². The van der Waals surface area contributed by atoms with E-state index in [9.17, 15) is 13.2 Å². The van der Waals surface area contributed by atoms with Gasteiger partial charge in [-0.1, -0.05) is 24.3 Å². The number of hydrogen-bond donors (Lipinski definition) is 1. The maximum Gasteiger partial charge on any atom is 0.416 e. The van der Waals surface area contributed by atoms with Gasteiger partial charge in [-0.25, -0.2) is 0 Å². The van der Waals surface area contributed by atoms with Crippen LogP contribution in [0.3, 0.4) is 0 Å². The summed E-state index contributed by atoms with van der Waals surface area (Å²) in [7, 11) is 0. The van der Waals surface area contributed by atoms with E-state index in [2.05, 4.69) is 4.98 Å². The number of aromatic amines is 1. The standard InChI is InChI=1S/C17H14F3N.ClH/c1-11-3-2-4-15-16(11)13(10-21-15)9-12-5-7-14(8-6-12)17(18,19)20;/h2-8,10,21H,9H2,1H3;1H. The van der Waals surface area contributed by atoms with Gasteiger partial charge < -0.3 is 4.98 Å². The fourth-order valence-corrected chi connectivity index (χ4v) is 2.62.